The highest BCUT2D eigenvalue weighted by Gasteiger charge is 2.56. The van der Waals surface area contributed by atoms with E-state index in [1.54, 1.807) is 6.92 Å². The van der Waals surface area contributed by atoms with E-state index in [9.17, 15) is 29.1 Å². The largest absolute Gasteiger partial charge is 0.490 e. The molecule has 14 heteroatoms. The molecular formula is C24H27NO13. The number of fused-ring (bicyclic) bond motifs is 1. The zero-order valence-electron chi connectivity index (χ0n) is 21.2. The van der Waals surface area contributed by atoms with Crippen LogP contribution < -0.4 is 9.47 Å². The molecule has 0 radical (unpaired) electrons. The first kappa shape index (κ1) is 28.2. The minimum absolute atomic E-state index is 0.0106. The minimum Gasteiger partial charge on any atom is -0.490 e. The van der Waals surface area contributed by atoms with E-state index < -0.39 is 60.6 Å². The standard InChI is InChI=1S/C24H27NO13/c1-6-33-16-8-13-7-15(22(29)30)25-14(13)9-17(16)37-24-21(36-12(4)28)19(35-11(3)27)18(34-10(2)26)20(38-24)23(31)32-5/h7-9,18-21,24-25H,6H2,1-5H3,(H,29,30)/t18-,19-,20-,21+,24?/m0/s1. The van der Waals surface area contributed by atoms with Crippen molar-refractivity contribution in [2.75, 3.05) is 13.7 Å². The number of carbonyl (C=O) groups excluding carboxylic acids is 4. The van der Waals surface area contributed by atoms with Crippen LogP contribution in [0.2, 0.25) is 0 Å². The maximum atomic E-state index is 12.6. The Morgan fingerprint density at radius 1 is 0.895 bits per heavy atom. The molecule has 2 aromatic rings. The number of esters is 4. The molecule has 1 aromatic carbocycles. The molecule has 3 rings (SSSR count). The van der Waals surface area contributed by atoms with Crippen LogP contribution in [-0.2, 0) is 42.9 Å². The number of methoxy groups -OCH3 is 1. The molecule has 5 atom stereocenters. The third-order valence-electron chi connectivity index (χ3n) is 5.29. The van der Waals surface area contributed by atoms with Gasteiger partial charge < -0.3 is 43.2 Å². The number of carboxylic acids is 1. The van der Waals surface area contributed by atoms with E-state index in [4.69, 9.17) is 33.2 Å². The number of benzene rings is 1. The molecule has 1 aliphatic heterocycles. The number of ether oxygens (including phenoxy) is 7. The second-order valence-electron chi connectivity index (χ2n) is 8.10. The van der Waals surface area contributed by atoms with Gasteiger partial charge in [-0.05, 0) is 19.1 Å². The molecule has 0 saturated carbocycles. The lowest BCUT2D eigenvalue weighted by atomic mass is 9.97. The van der Waals surface area contributed by atoms with E-state index in [2.05, 4.69) is 4.98 Å². The van der Waals surface area contributed by atoms with E-state index in [1.807, 2.05) is 0 Å². The molecule has 1 aliphatic rings. The Kier molecular flexibility index (Phi) is 8.78. The number of aromatic carboxylic acids is 1. The Bertz CT molecular complexity index is 1240. The quantitative estimate of drug-likeness (QED) is 0.345. The topological polar surface area (TPSA) is 186 Å². The van der Waals surface area contributed by atoms with Crippen LogP contribution in [0.4, 0.5) is 0 Å². The smallest absolute Gasteiger partial charge is 0.352 e. The molecule has 14 nitrogen and oxygen atoms in total. The van der Waals surface area contributed by atoms with Crippen molar-refractivity contribution in [2.45, 2.75) is 58.4 Å². The van der Waals surface area contributed by atoms with Gasteiger partial charge in [0.2, 0.25) is 12.4 Å². The number of carbonyl (C=O) groups is 5. The number of aromatic nitrogens is 1. The normalized spacial score (nSPS) is 22.7. The second kappa shape index (κ2) is 11.8. The number of aromatic amines is 1. The summed E-state index contributed by atoms with van der Waals surface area (Å²) in [6, 6.07) is 4.34. The molecule has 0 bridgehead atoms. The fourth-order valence-electron chi connectivity index (χ4n) is 3.92. The first-order chi connectivity index (χ1) is 17.9. The van der Waals surface area contributed by atoms with Crippen molar-refractivity contribution in [2.24, 2.45) is 0 Å². The number of hydrogen-bond donors (Lipinski definition) is 2. The van der Waals surface area contributed by atoms with Crippen LogP contribution in [0.1, 0.15) is 38.2 Å². The number of rotatable bonds is 9. The lowest BCUT2D eigenvalue weighted by molar-refractivity contribution is -0.282. The van der Waals surface area contributed by atoms with Gasteiger partial charge in [0.05, 0.1) is 19.2 Å². The first-order valence-corrected chi connectivity index (χ1v) is 11.4. The van der Waals surface area contributed by atoms with Gasteiger partial charge >= 0.3 is 29.8 Å². The monoisotopic (exact) mass is 537 g/mol. The molecule has 0 aliphatic carbocycles. The van der Waals surface area contributed by atoms with Crippen molar-refractivity contribution >= 4 is 40.7 Å². The molecule has 1 fully saturated rings. The Morgan fingerprint density at radius 3 is 2.05 bits per heavy atom. The number of hydrogen-bond acceptors (Lipinski definition) is 12. The predicted octanol–water partition coefficient (Wildman–Crippen LogP) is 1.34. The van der Waals surface area contributed by atoms with Crippen LogP contribution in [0.5, 0.6) is 11.5 Å². The van der Waals surface area contributed by atoms with E-state index in [0.29, 0.717) is 10.9 Å². The van der Waals surface area contributed by atoms with Crippen LogP contribution in [0.15, 0.2) is 18.2 Å². The highest BCUT2D eigenvalue weighted by Crippen LogP contribution is 2.37. The maximum absolute atomic E-state index is 12.6. The molecular weight excluding hydrogens is 510 g/mol. The number of H-pyrrole nitrogens is 1. The van der Waals surface area contributed by atoms with Crippen LogP contribution in [0, 0.1) is 0 Å². The molecule has 0 spiro atoms. The summed E-state index contributed by atoms with van der Waals surface area (Å²) in [5.41, 5.74) is 0.274. The SMILES string of the molecule is CCOc1cc2cc(C(=O)O)[nH]c2cc1OC1O[C@H](C(=O)OC)[C@@H](OC(C)=O)[C@H](OC(C)=O)[C@H]1OC(C)=O. The highest BCUT2D eigenvalue weighted by atomic mass is 16.7. The fourth-order valence-corrected chi connectivity index (χ4v) is 3.92. The summed E-state index contributed by atoms with van der Waals surface area (Å²) in [4.78, 5) is 62.5. The molecule has 2 heterocycles. The van der Waals surface area contributed by atoms with Crippen molar-refractivity contribution in [3.63, 3.8) is 0 Å². The highest BCUT2D eigenvalue weighted by molar-refractivity contribution is 5.94. The van der Waals surface area contributed by atoms with Gasteiger partial charge in [0.1, 0.15) is 5.69 Å². The van der Waals surface area contributed by atoms with Gasteiger partial charge in [-0.2, -0.15) is 0 Å². The van der Waals surface area contributed by atoms with Gasteiger partial charge in [0, 0.05) is 32.2 Å². The number of nitrogens with one attached hydrogen (secondary N) is 1. The van der Waals surface area contributed by atoms with Crippen molar-refractivity contribution in [1.29, 1.82) is 0 Å². The van der Waals surface area contributed by atoms with E-state index in [0.717, 1.165) is 27.9 Å². The van der Waals surface area contributed by atoms with Crippen molar-refractivity contribution in [1.82, 2.24) is 4.98 Å². The molecule has 38 heavy (non-hydrogen) atoms. The van der Waals surface area contributed by atoms with Gasteiger partial charge in [0.15, 0.2) is 29.8 Å². The third kappa shape index (κ3) is 6.32. The van der Waals surface area contributed by atoms with Crippen LogP contribution in [0.3, 0.4) is 0 Å². The lowest BCUT2D eigenvalue weighted by Crippen LogP contribution is -2.64. The van der Waals surface area contributed by atoms with Gasteiger partial charge in [0.25, 0.3) is 0 Å². The summed E-state index contributed by atoms with van der Waals surface area (Å²) >= 11 is 0. The average molecular weight is 537 g/mol. The average Bonchev–Trinajstić information content (AvgIpc) is 3.24. The number of carboxylic acid groups (broad SMARTS) is 1. The van der Waals surface area contributed by atoms with Crippen LogP contribution in [0.25, 0.3) is 10.9 Å². The van der Waals surface area contributed by atoms with Crippen molar-refractivity contribution in [3.05, 3.63) is 23.9 Å². The van der Waals surface area contributed by atoms with E-state index in [1.165, 1.54) is 18.2 Å². The zero-order valence-corrected chi connectivity index (χ0v) is 21.2. The summed E-state index contributed by atoms with van der Waals surface area (Å²) in [7, 11) is 1.07. The van der Waals surface area contributed by atoms with Crippen LogP contribution >= 0.6 is 0 Å². The lowest BCUT2D eigenvalue weighted by Gasteiger charge is -2.43. The van der Waals surface area contributed by atoms with Crippen molar-refractivity contribution in [3.8, 4) is 11.5 Å². The molecule has 1 saturated heterocycles. The zero-order chi connectivity index (χ0) is 28.1. The van der Waals surface area contributed by atoms with Crippen molar-refractivity contribution < 1.29 is 62.2 Å². The summed E-state index contributed by atoms with van der Waals surface area (Å²) in [6.45, 7) is 5.13. The summed E-state index contributed by atoms with van der Waals surface area (Å²) in [5, 5.41) is 9.82. The van der Waals surface area contributed by atoms with Gasteiger partial charge in [-0.15, -0.1) is 0 Å². The Balaban J connectivity index is 2.11. The van der Waals surface area contributed by atoms with E-state index in [-0.39, 0.29) is 23.8 Å². The fraction of sp³-hybridized carbons (Fsp3) is 0.458. The third-order valence-corrected chi connectivity index (χ3v) is 5.29. The Hall–Kier alpha value is -4.33. The van der Waals surface area contributed by atoms with E-state index >= 15 is 0 Å². The maximum Gasteiger partial charge on any atom is 0.352 e. The first-order valence-electron chi connectivity index (χ1n) is 11.4. The molecule has 1 aromatic heterocycles. The van der Waals surface area contributed by atoms with Crippen LogP contribution in [-0.4, -0.2) is 84.4 Å². The summed E-state index contributed by atoms with van der Waals surface area (Å²) in [6.07, 6.45) is -7.86. The second-order valence-corrected chi connectivity index (χ2v) is 8.10. The summed E-state index contributed by atoms with van der Waals surface area (Å²) < 4.78 is 38.1. The predicted molar refractivity (Wildman–Crippen MR) is 124 cm³/mol. The minimum atomic E-state index is -1.64. The molecule has 1 unspecified atom stereocenters. The molecule has 206 valence electrons. The Labute approximate surface area is 216 Å². The van der Waals surface area contributed by atoms with Gasteiger partial charge in [-0.3, -0.25) is 14.4 Å². The molecule has 0 amide bonds. The molecule has 2 N–H and O–H groups in total. The van der Waals surface area contributed by atoms with Gasteiger partial charge in [-0.25, -0.2) is 9.59 Å². The Morgan fingerprint density at radius 2 is 1.50 bits per heavy atom. The summed E-state index contributed by atoms with van der Waals surface area (Å²) in [5.74, 6) is -4.49. The van der Waals surface area contributed by atoms with Gasteiger partial charge in [-0.1, -0.05) is 0 Å².